The lowest BCUT2D eigenvalue weighted by Gasteiger charge is -2.78. The molecule has 4 fully saturated rings. The summed E-state index contributed by atoms with van der Waals surface area (Å²) in [5.74, 6) is 3.43. The fourth-order valence-corrected chi connectivity index (χ4v) is 16.5. The second kappa shape index (κ2) is 11.5. The number of hydrogen-bond donors (Lipinski definition) is 0. The predicted octanol–water partition coefficient (Wildman–Crippen LogP) is 15.3. The molecule has 1 heterocycles. The molecular formula is C56H61NS. The van der Waals surface area contributed by atoms with E-state index in [4.69, 9.17) is 0 Å². The first kappa shape index (κ1) is 36.1. The average molecular weight is 780 g/mol. The third-order valence-electron chi connectivity index (χ3n) is 18.1. The smallest absolute Gasteiger partial charge is 0.0551 e. The summed E-state index contributed by atoms with van der Waals surface area (Å²) in [6.45, 7) is 20.0. The van der Waals surface area contributed by atoms with Crippen LogP contribution in [0.2, 0.25) is 0 Å². The van der Waals surface area contributed by atoms with Crippen molar-refractivity contribution in [3.8, 4) is 11.1 Å². The Morgan fingerprint density at radius 1 is 0.500 bits per heavy atom. The Kier molecular flexibility index (Phi) is 7.19. The first-order valence-corrected chi connectivity index (χ1v) is 23.6. The third kappa shape index (κ3) is 4.42. The highest BCUT2D eigenvalue weighted by Crippen LogP contribution is 2.89. The van der Waals surface area contributed by atoms with E-state index in [1.807, 2.05) is 0 Å². The Morgan fingerprint density at radius 3 is 1.71 bits per heavy atom. The van der Waals surface area contributed by atoms with Crippen molar-refractivity contribution in [1.29, 1.82) is 0 Å². The summed E-state index contributed by atoms with van der Waals surface area (Å²) in [6.07, 6.45) is 10.6. The van der Waals surface area contributed by atoms with E-state index in [0.717, 1.165) is 23.7 Å². The highest BCUT2D eigenvalue weighted by molar-refractivity contribution is 7.99. The fourth-order valence-electron chi connectivity index (χ4n) is 15.3. The molecule has 1 nitrogen and oxygen atoms in total. The maximum Gasteiger partial charge on any atom is 0.0551 e. The van der Waals surface area contributed by atoms with Crippen LogP contribution in [0.1, 0.15) is 140 Å². The van der Waals surface area contributed by atoms with Gasteiger partial charge in [0.2, 0.25) is 0 Å². The van der Waals surface area contributed by atoms with Crippen LogP contribution in [-0.2, 0) is 27.1 Å². The Morgan fingerprint density at radius 2 is 1.07 bits per heavy atom. The van der Waals surface area contributed by atoms with Crippen LogP contribution in [-0.4, -0.2) is 0 Å². The monoisotopic (exact) mass is 779 g/mol. The molecule has 0 amide bonds. The van der Waals surface area contributed by atoms with E-state index < -0.39 is 0 Å². The lowest BCUT2D eigenvalue weighted by Crippen LogP contribution is -2.74. The Labute approximate surface area is 352 Å². The highest BCUT2D eigenvalue weighted by Gasteiger charge is 2.84. The second-order valence-electron chi connectivity index (χ2n) is 22.7. The number of anilines is 3. The molecule has 7 aliphatic rings. The molecule has 58 heavy (non-hydrogen) atoms. The molecule has 0 radical (unpaired) electrons. The van der Waals surface area contributed by atoms with Gasteiger partial charge < -0.3 is 4.90 Å². The molecule has 0 N–H and O–H groups in total. The molecule has 1 aliphatic heterocycles. The van der Waals surface area contributed by atoms with Crippen molar-refractivity contribution >= 4 is 28.8 Å². The zero-order chi connectivity index (χ0) is 39.8. The van der Waals surface area contributed by atoms with Gasteiger partial charge in [-0.3, -0.25) is 0 Å². The van der Waals surface area contributed by atoms with Gasteiger partial charge in [0.25, 0.3) is 0 Å². The van der Waals surface area contributed by atoms with Crippen LogP contribution in [0.5, 0.6) is 0 Å². The van der Waals surface area contributed by atoms with E-state index in [1.54, 1.807) is 11.1 Å². The topological polar surface area (TPSA) is 3.24 Å². The van der Waals surface area contributed by atoms with Crippen molar-refractivity contribution in [2.45, 2.75) is 144 Å². The van der Waals surface area contributed by atoms with Crippen molar-refractivity contribution in [2.75, 3.05) is 4.90 Å². The highest BCUT2D eigenvalue weighted by atomic mass is 32.2. The molecule has 5 aromatic carbocycles. The first-order valence-electron chi connectivity index (χ1n) is 22.8. The van der Waals surface area contributed by atoms with Gasteiger partial charge in [0.1, 0.15) is 0 Å². The minimum atomic E-state index is 0.0327. The van der Waals surface area contributed by atoms with Gasteiger partial charge in [-0.15, -0.1) is 0 Å². The van der Waals surface area contributed by atoms with Crippen molar-refractivity contribution in [3.63, 3.8) is 0 Å². The quantitative estimate of drug-likeness (QED) is 0.179. The molecule has 6 unspecified atom stereocenters. The van der Waals surface area contributed by atoms with Gasteiger partial charge >= 0.3 is 0 Å². The van der Waals surface area contributed by atoms with E-state index in [0.29, 0.717) is 5.41 Å². The van der Waals surface area contributed by atoms with Gasteiger partial charge in [0.15, 0.2) is 0 Å². The minimum Gasteiger partial charge on any atom is -0.309 e. The summed E-state index contributed by atoms with van der Waals surface area (Å²) < 4.78 is 0. The molecule has 296 valence electrons. The maximum atomic E-state index is 2.81. The summed E-state index contributed by atoms with van der Waals surface area (Å²) in [5, 5.41) is 0. The lowest BCUT2D eigenvalue weighted by atomic mass is 9.26. The Balaban J connectivity index is 1.19. The number of fused-ring (bicyclic) bond motifs is 9. The molecule has 0 saturated heterocycles. The van der Waals surface area contributed by atoms with Crippen LogP contribution >= 0.6 is 11.8 Å². The van der Waals surface area contributed by atoms with Crippen LogP contribution in [0, 0.1) is 29.1 Å². The number of benzene rings is 5. The molecule has 2 bridgehead atoms. The SMILES string of the molecule is CC1(C)CCC(C)(C)c2c(N(c3cc4c(cc3-c3ccccc3)C3(c5ccccc5S4)C4CC5CC6CC3C64C5)c3cccc4c3C(C)(C)CCC4(C)C)cccc21. The van der Waals surface area contributed by atoms with Gasteiger partial charge in [0, 0.05) is 20.8 Å². The van der Waals surface area contributed by atoms with E-state index in [1.165, 1.54) is 112 Å². The molecule has 0 aromatic heterocycles. The molecule has 6 aliphatic carbocycles. The van der Waals surface area contributed by atoms with Gasteiger partial charge in [-0.1, -0.05) is 140 Å². The molecular weight excluding hydrogens is 719 g/mol. The Hall–Kier alpha value is -3.75. The van der Waals surface area contributed by atoms with Gasteiger partial charge in [-0.05, 0) is 171 Å². The van der Waals surface area contributed by atoms with E-state index >= 15 is 0 Å². The first-order chi connectivity index (χ1) is 27.7. The standard InChI is InChI=1S/C56H61NS/c1-51(2)24-26-53(5,6)49-39(51)19-14-21-42(49)57(43-22-15-20-40-50(43)54(7,8)27-25-52(40,3)4)44-32-46-41(31-37(44)35-16-10-9-11-17-35)56(38-18-12-13-23-45(38)58-46)47-29-34-28-36-30-48(56)55(36,47)33-34/h9-23,31-32,34,36,47-48H,24-30,33H2,1-8H3. The van der Waals surface area contributed by atoms with Crippen LogP contribution in [0.4, 0.5) is 17.1 Å². The molecule has 12 rings (SSSR count). The summed E-state index contributed by atoms with van der Waals surface area (Å²) in [4.78, 5) is 5.80. The van der Waals surface area contributed by atoms with E-state index in [-0.39, 0.29) is 27.1 Å². The summed E-state index contributed by atoms with van der Waals surface area (Å²) >= 11 is 2.06. The molecule has 6 atom stereocenters. The average Bonchev–Trinajstić information content (AvgIpc) is 3.74. The number of hydrogen-bond acceptors (Lipinski definition) is 2. The van der Waals surface area contributed by atoms with E-state index in [9.17, 15) is 0 Å². The zero-order valence-corrected chi connectivity index (χ0v) is 37.0. The van der Waals surface area contributed by atoms with Gasteiger partial charge in [-0.2, -0.15) is 0 Å². The van der Waals surface area contributed by atoms with Crippen LogP contribution in [0.15, 0.2) is 113 Å². The summed E-state index contributed by atoms with van der Waals surface area (Å²) in [5.41, 5.74) is 17.2. The number of rotatable bonds is 4. The minimum absolute atomic E-state index is 0.0327. The normalized spacial score (nSPS) is 31.5. The maximum absolute atomic E-state index is 2.81. The summed E-state index contributed by atoms with van der Waals surface area (Å²) in [6, 6.07) is 41.3. The molecule has 2 spiro atoms. The molecule has 4 saturated carbocycles. The van der Waals surface area contributed by atoms with Crippen molar-refractivity contribution < 1.29 is 0 Å². The Bertz CT molecular complexity index is 2480. The van der Waals surface area contributed by atoms with Crippen molar-refractivity contribution in [2.24, 2.45) is 29.1 Å². The molecule has 2 heteroatoms. The van der Waals surface area contributed by atoms with Gasteiger partial charge in [-0.25, -0.2) is 0 Å². The van der Waals surface area contributed by atoms with Crippen molar-refractivity contribution in [3.05, 3.63) is 137 Å². The zero-order valence-electron chi connectivity index (χ0n) is 36.1. The fraction of sp³-hybridized carbons (Fsp3) is 0.464. The van der Waals surface area contributed by atoms with Crippen LogP contribution in [0.25, 0.3) is 11.1 Å². The van der Waals surface area contributed by atoms with Gasteiger partial charge in [0.05, 0.1) is 17.1 Å². The summed E-state index contributed by atoms with van der Waals surface area (Å²) in [7, 11) is 0. The third-order valence-corrected chi connectivity index (χ3v) is 19.2. The largest absolute Gasteiger partial charge is 0.309 e. The number of nitrogens with zero attached hydrogens (tertiary/aromatic N) is 1. The van der Waals surface area contributed by atoms with Crippen molar-refractivity contribution in [1.82, 2.24) is 0 Å². The van der Waals surface area contributed by atoms with E-state index in [2.05, 4.69) is 175 Å². The lowest BCUT2D eigenvalue weighted by molar-refractivity contribution is -0.235. The predicted molar refractivity (Wildman–Crippen MR) is 243 cm³/mol. The van der Waals surface area contributed by atoms with Crippen LogP contribution in [0.3, 0.4) is 0 Å². The van der Waals surface area contributed by atoms with Crippen LogP contribution < -0.4 is 4.90 Å². The second-order valence-corrected chi connectivity index (χ2v) is 23.7. The molecule has 5 aromatic rings.